The first-order chi connectivity index (χ1) is 10.8. The lowest BCUT2D eigenvalue weighted by Crippen LogP contribution is -2.08. The second-order valence-electron chi connectivity index (χ2n) is 5.97. The van der Waals surface area contributed by atoms with Gasteiger partial charge in [-0.2, -0.15) is 0 Å². The Balaban J connectivity index is 1.79. The number of para-hydroxylation sites is 1. The van der Waals surface area contributed by atoms with Crippen LogP contribution in [0.4, 0.5) is 5.69 Å². The minimum Gasteiger partial charge on any atom is -0.494 e. The van der Waals surface area contributed by atoms with E-state index in [0.29, 0.717) is 12.6 Å². The van der Waals surface area contributed by atoms with Gasteiger partial charge in [0.1, 0.15) is 5.75 Å². The molecule has 1 atom stereocenters. The van der Waals surface area contributed by atoms with Gasteiger partial charge in [0.05, 0.1) is 12.6 Å². The summed E-state index contributed by atoms with van der Waals surface area (Å²) >= 11 is 0. The quantitative estimate of drug-likeness (QED) is 0.797. The van der Waals surface area contributed by atoms with Gasteiger partial charge < -0.3 is 10.1 Å². The van der Waals surface area contributed by atoms with E-state index in [1.54, 1.807) is 0 Å². The van der Waals surface area contributed by atoms with E-state index in [0.717, 1.165) is 12.2 Å². The number of nitrogens with one attached hydrogen (secondary N) is 1. The van der Waals surface area contributed by atoms with E-state index in [1.165, 1.54) is 41.6 Å². The Kier molecular flexibility index (Phi) is 4.67. The summed E-state index contributed by atoms with van der Waals surface area (Å²) in [6.07, 6.45) is 4.74. The van der Waals surface area contributed by atoms with Gasteiger partial charge in [0.2, 0.25) is 0 Å². The summed E-state index contributed by atoms with van der Waals surface area (Å²) in [6.45, 7) is 4.99. The van der Waals surface area contributed by atoms with Crippen LogP contribution in [0.25, 0.3) is 0 Å². The molecule has 1 unspecified atom stereocenters. The maximum absolute atomic E-state index is 5.79. The maximum Gasteiger partial charge on any atom is 0.124 e. The van der Waals surface area contributed by atoms with Crippen LogP contribution in [0.3, 0.4) is 0 Å². The standard InChI is InChI=1S/C20H25NO/c1-3-5-8-15-11-12-18-16(13-15)14-19(21-18)17-9-6-7-10-20(17)22-4-2/h6-7,9-13,19,21H,3-5,8,14H2,1-2H3. The van der Waals surface area contributed by atoms with Gasteiger partial charge in [0.15, 0.2) is 0 Å². The average Bonchev–Trinajstić information content (AvgIpc) is 2.96. The monoisotopic (exact) mass is 295 g/mol. The molecule has 0 bridgehead atoms. The van der Waals surface area contributed by atoms with Crippen LogP contribution >= 0.6 is 0 Å². The Morgan fingerprint density at radius 1 is 1.14 bits per heavy atom. The number of benzene rings is 2. The van der Waals surface area contributed by atoms with Gasteiger partial charge in [-0.15, -0.1) is 0 Å². The molecule has 1 heterocycles. The fourth-order valence-corrected chi connectivity index (χ4v) is 3.19. The molecule has 0 spiro atoms. The molecule has 0 amide bonds. The zero-order chi connectivity index (χ0) is 15.4. The van der Waals surface area contributed by atoms with Crippen LogP contribution in [0.15, 0.2) is 42.5 Å². The number of ether oxygens (including phenoxy) is 1. The molecule has 2 nitrogen and oxygen atoms in total. The van der Waals surface area contributed by atoms with Crippen LogP contribution < -0.4 is 10.1 Å². The highest BCUT2D eigenvalue weighted by atomic mass is 16.5. The number of fused-ring (bicyclic) bond motifs is 1. The molecule has 0 saturated carbocycles. The maximum atomic E-state index is 5.79. The van der Waals surface area contributed by atoms with Crippen molar-refractivity contribution in [3.63, 3.8) is 0 Å². The molecule has 1 aliphatic rings. The number of unbranched alkanes of at least 4 members (excludes halogenated alkanes) is 1. The molecule has 2 heteroatoms. The normalized spacial score (nSPS) is 16.2. The van der Waals surface area contributed by atoms with Gasteiger partial charge >= 0.3 is 0 Å². The van der Waals surface area contributed by atoms with Crippen molar-refractivity contribution in [3.8, 4) is 5.75 Å². The van der Waals surface area contributed by atoms with Crippen molar-refractivity contribution in [1.82, 2.24) is 0 Å². The molecule has 2 aromatic rings. The molecule has 0 aromatic heterocycles. The summed E-state index contributed by atoms with van der Waals surface area (Å²) in [6, 6.07) is 15.6. The van der Waals surface area contributed by atoms with Crippen molar-refractivity contribution in [3.05, 3.63) is 59.2 Å². The van der Waals surface area contributed by atoms with E-state index < -0.39 is 0 Å². The topological polar surface area (TPSA) is 21.3 Å². The Morgan fingerprint density at radius 2 is 2.00 bits per heavy atom. The Labute approximate surface area is 133 Å². The fourth-order valence-electron chi connectivity index (χ4n) is 3.19. The van der Waals surface area contributed by atoms with E-state index in [2.05, 4.69) is 48.6 Å². The fraction of sp³-hybridized carbons (Fsp3) is 0.400. The highest BCUT2D eigenvalue weighted by Crippen LogP contribution is 2.38. The highest BCUT2D eigenvalue weighted by molar-refractivity contribution is 5.60. The lowest BCUT2D eigenvalue weighted by atomic mass is 9.99. The highest BCUT2D eigenvalue weighted by Gasteiger charge is 2.24. The van der Waals surface area contributed by atoms with E-state index in [-0.39, 0.29) is 0 Å². The second-order valence-corrected chi connectivity index (χ2v) is 5.97. The summed E-state index contributed by atoms with van der Waals surface area (Å²) in [4.78, 5) is 0. The van der Waals surface area contributed by atoms with Gasteiger partial charge in [-0.25, -0.2) is 0 Å². The third-order valence-corrected chi connectivity index (χ3v) is 4.34. The van der Waals surface area contributed by atoms with E-state index in [4.69, 9.17) is 4.74 Å². The molecular formula is C20H25NO. The molecule has 22 heavy (non-hydrogen) atoms. The molecule has 0 saturated heterocycles. The lowest BCUT2D eigenvalue weighted by molar-refractivity contribution is 0.335. The molecular weight excluding hydrogens is 270 g/mol. The predicted octanol–water partition coefficient (Wildman–Crippen LogP) is 5.14. The summed E-state index contributed by atoms with van der Waals surface area (Å²) < 4.78 is 5.79. The summed E-state index contributed by atoms with van der Waals surface area (Å²) in [5.74, 6) is 1.00. The van der Waals surface area contributed by atoms with Crippen molar-refractivity contribution < 1.29 is 4.74 Å². The zero-order valence-electron chi connectivity index (χ0n) is 13.6. The molecule has 1 aliphatic heterocycles. The van der Waals surface area contributed by atoms with Crippen LogP contribution in [0.5, 0.6) is 5.75 Å². The average molecular weight is 295 g/mol. The zero-order valence-corrected chi connectivity index (χ0v) is 13.6. The van der Waals surface area contributed by atoms with Crippen molar-refractivity contribution in [2.75, 3.05) is 11.9 Å². The SMILES string of the molecule is CCCCc1ccc2c(c1)CC(c1ccccc1OCC)N2. The molecule has 3 rings (SSSR count). The lowest BCUT2D eigenvalue weighted by Gasteiger charge is -2.16. The van der Waals surface area contributed by atoms with Gasteiger partial charge in [-0.1, -0.05) is 43.7 Å². The first-order valence-corrected chi connectivity index (χ1v) is 8.42. The van der Waals surface area contributed by atoms with Crippen LogP contribution in [0.2, 0.25) is 0 Å². The van der Waals surface area contributed by atoms with Crippen molar-refractivity contribution >= 4 is 5.69 Å². The smallest absolute Gasteiger partial charge is 0.124 e. The van der Waals surface area contributed by atoms with Gasteiger partial charge in [0.25, 0.3) is 0 Å². The number of hydrogen-bond acceptors (Lipinski definition) is 2. The molecule has 2 aromatic carbocycles. The van der Waals surface area contributed by atoms with Gasteiger partial charge in [-0.05, 0) is 49.4 Å². The Bertz CT molecular complexity index is 635. The third kappa shape index (κ3) is 3.11. The van der Waals surface area contributed by atoms with Crippen molar-refractivity contribution in [2.24, 2.45) is 0 Å². The number of rotatable bonds is 6. The van der Waals surface area contributed by atoms with E-state index in [1.807, 2.05) is 13.0 Å². The van der Waals surface area contributed by atoms with Crippen LogP contribution in [0.1, 0.15) is 49.4 Å². The molecule has 0 fully saturated rings. The third-order valence-electron chi connectivity index (χ3n) is 4.34. The summed E-state index contributed by atoms with van der Waals surface area (Å²) in [7, 11) is 0. The molecule has 0 radical (unpaired) electrons. The van der Waals surface area contributed by atoms with Gasteiger partial charge in [-0.3, -0.25) is 0 Å². The number of anilines is 1. The van der Waals surface area contributed by atoms with Crippen LogP contribution in [0, 0.1) is 0 Å². The van der Waals surface area contributed by atoms with Crippen molar-refractivity contribution in [1.29, 1.82) is 0 Å². The second kappa shape index (κ2) is 6.87. The Hall–Kier alpha value is -1.96. The van der Waals surface area contributed by atoms with Crippen molar-refractivity contribution in [2.45, 2.75) is 45.6 Å². The van der Waals surface area contributed by atoms with Crippen LogP contribution in [-0.2, 0) is 12.8 Å². The summed E-state index contributed by atoms with van der Waals surface area (Å²) in [5.41, 5.74) is 5.43. The molecule has 116 valence electrons. The molecule has 0 aliphatic carbocycles. The van der Waals surface area contributed by atoms with Gasteiger partial charge in [0, 0.05) is 11.3 Å². The molecule has 1 N–H and O–H groups in total. The first-order valence-electron chi connectivity index (χ1n) is 8.42. The number of aryl methyl sites for hydroxylation is 1. The van der Waals surface area contributed by atoms with Crippen LogP contribution in [-0.4, -0.2) is 6.61 Å². The minimum absolute atomic E-state index is 0.319. The minimum atomic E-state index is 0.319. The Morgan fingerprint density at radius 3 is 2.82 bits per heavy atom. The summed E-state index contributed by atoms with van der Waals surface area (Å²) in [5, 5.41) is 3.65. The predicted molar refractivity (Wildman–Crippen MR) is 92.7 cm³/mol. The largest absolute Gasteiger partial charge is 0.494 e. The van der Waals surface area contributed by atoms with E-state index >= 15 is 0 Å². The number of hydrogen-bond donors (Lipinski definition) is 1. The van der Waals surface area contributed by atoms with E-state index in [9.17, 15) is 0 Å². The first kappa shape index (κ1) is 15.0.